The molecule has 72 valence electrons. The molecule has 2 heteroatoms. The first-order valence-corrected chi connectivity index (χ1v) is 5.55. The summed E-state index contributed by atoms with van der Waals surface area (Å²) >= 11 is 11.5. The zero-order valence-corrected chi connectivity index (χ0v) is 9.33. The summed E-state index contributed by atoms with van der Waals surface area (Å²) in [5, 5.41) is 0. The normalized spacial score (nSPS) is 10.4. The van der Waals surface area contributed by atoms with Gasteiger partial charge in [0.15, 0.2) is 0 Å². The Hall–Kier alpha value is -0.200. The molecule has 0 saturated carbocycles. The van der Waals surface area contributed by atoms with E-state index in [0.717, 1.165) is 18.7 Å². The second kappa shape index (κ2) is 5.51. The zero-order valence-electron chi connectivity index (χ0n) is 7.82. The summed E-state index contributed by atoms with van der Waals surface area (Å²) in [6.07, 6.45) is 2.06. The van der Waals surface area contributed by atoms with Gasteiger partial charge in [0.2, 0.25) is 0 Å². The summed E-state index contributed by atoms with van der Waals surface area (Å²) in [5.74, 6) is 1.31. The van der Waals surface area contributed by atoms with Gasteiger partial charge in [0.1, 0.15) is 0 Å². The topological polar surface area (TPSA) is 0 Å². The van der Waals surface area contributed by atoms with Gasteiger partial charge in [0.25, 0.3) is 0 Å². The van der Waals surface area contributed by atoms with Crippen LogP contribution in [0.15, 0.2) is 18.2 Å². The van der Waals surface area contributed by atoms with E-state index < -0.39 is 0 Å². The van der Waals surface area contributed by atoms with E-state index in [1.54, 1.807) is 0 Å². The highest BCUT2D eigenvalue weighted by atomic mass is 35.5. The van der Waals surface area contributed by atoms with Gasteiger partial charge in [0.05, 0.1) is 0 Å². The molecular weight excluding hydrogens is 203 g/mol. The molecule has 1 aromatic rings. The summed E-state index contributed by atoms with van der Waals surface area (Å²) in [4.78, 5) is 0. The number of halogens is 2. The van der Waals surface area contributed by atoms with Gasteiger partial charge in [-0.25, -0.2) is 0 Å². The molecule has 0 aliphatic heterocycles. The Morgan fingerprint density at radius 3 is 2.54 bits per heavy atom. The predicted octanol–water partition coefficient (Wildman–Crippen LogP) is 3.91. The van der Waals surface area contributed by atoms with Gasteiger partial charge in [-0.1, -0.05) is 23.8 Å². The Bertz CT molecular complexity index is 269. The summed E-state index contributed by atoms with van der Waals surface area (Å²) < 4.78 is 0. The lowest BCUT2D eigenvalue weighted by atomic mass is 10.0. The molecule has 13 heavy (non-hydrogen) atoms. The second-order valence-electron chi connectivity index (χ2n) is 3.20. The maximum atomic E-state index is 5.83. The molecule has 0 aromatic heterocycles. The van der Waals surface area contributed by atoms with E-state index >= 15 is 0 Å². The van der Waals surface area contributed by atoms with Gasteiger partial charge in [-0.15, -0.1) is 23.2 Å². The molecule has 0 bridgehead atoms. The molecule has 0 amide bonds. The van der Waals surface area contributed by atoms with Crippen LogP contribution < -0.4 is 0 Å². The van der Waals surface area contributed by atoms with Crippen molar-refractivity contribution >= 4 is 23.2 Å². The Morgan fingerprint density at radius 2 is 1.92 bits per heavy atom. The molecule has 0 nitrogen and oxygen atoms in total. The van der Waals surface area contributed by atoms with Crippen LogP contribution >= 0.6 is 23.2 Å². The number of rotatable bonds is 4. The number of hydrogen-bond acceptors (Lipinski definition) is 0. The number of alkyl halides is 2. The van der Waals surface area contributed by atoms with Crippen molar-refractivity contribution in [3.8, 4) is 0 Å². The quantitative estimate of drug-likeness (QED) is 0.671. The Kier molecular flexibility index (Phi) is 4.61. The van der Waals surface area contributed by atoms with E-state index in [1.165, 1.54) is 16.7 Å². The van der Waals surface area contributed by atoms with Gasteiger partial charge in [-0.3, -0.25) is 0 Å². The van der Waals surface area contributed by atoms with Gasteiger partial charge >= 0.3 is 0 Å². The highest BCUT2D eigenvalue weighted by Crippen LogP contribution is 2.16. The van der Waals surface area contributed by atoms with Crippen LogP contribution in [0.25, 0.3) is 0 Å². The van der Waals surface area contributed by atoms with Crippen molar-refractivity contribution in [2.75, 3.05) is 5.88 Å². The molecule has 0 heterocycles. The molecule has 0 spiro atoms. The number of benzene rings is 1. The molecule has 0 saturated heterocycles. The number of aryl methyl sites for hydroxylation is 2. The van der Waals surface area contributed by atoms with Gasteiger partial charge in [-0.2, -0.15) is 0 Å². The Morgan fingerprint density at radius 1 is 1.15 bits per heavy atom. The lowest BCUT2D eigenvalue weighted by Crippen LogP contribution is -1.93. The molecular formula is C11H14Cl2. The fourth-order valence-electron chi connectivity index (χ4n) is 1.38. The van der Waals surface area contributed by atoms with Crippen LogP contribution in [-0.2, 0) is 12.3 Å². The summed E-state index contributed by atoms with van der Waals surface area (Å²) in [5.41, 5.74) is 3.87. The first-order chi connectivity index (χ1) is 6.27. The monoisotopic (exact) mass is 216 g/mol. The molecule has 0 atom stereocenters. The zero-order chi connectivity index (χ0) is 9.68. The van der Waals surface area contributed by atoms with Crippen molar-refractivity contribution in [1.82, 2.24) is 0 Å². The van der Waals surface area contributed by atoms with Crippen LogP contribution in [0, 0.1) is 6.92 Å². The minimum absolute atomic E-state index is 0.595. The molecule has 0 unspecified atom stereocenters. The first kappa shape index (κ1) is 10.9. The highest BCUT2D eigenvalue weighted by molar-refractivity contribution is 6.18. The van der Waals surface area contributed by atoms with E-state index in [4.69, 9.17) is 23.2 Å². The third-order valence-electron chi connectivity index (χ3n) is 2.09. The van der Waals surface area contributed by atoms with Gasteiger partial charge in [-0.05, 0) is 30.9 Å². The summed E-state index contributed by atoms with van der Waals surface area (Å²) in [6.45, 7) is 2.10. The smallest absolute Gasteiger partial charge is 0.0476 e. The lowest BCUT2D eigenvalue weighted by molar-refractivity contribution is 0.915. The van der Waals surface area contributed by atoms with Crippen molar-refractivity contribution in [3.63, 3.8) is 0 Å². The van der Waals surface area contributed by atoms with E-state index in [1.807, 2.05) is 0 Å². The molecule has 0 aliphatic rings. The molecule has 0 aliphatic carbocycles. The maximum Gasteiger partial charge on any atom is 0.0476 e. The minimum Gasteiger partial charge on any atom is -0.127 e. The fourth-order valence-corrected chi connectivity index (χ4v) is 1.77. The third kappa shape index (κ3) is 3.21. The molecule has 0 N–H and O–H groups in total. The van der Waals surface area contributed by atoms with Crippen LogP contribution in [0.3, 0.4) is 0 Å². The highest BCUT2D eigenvalue weighted by Gasteiger charge is 2.00. The predicted molar refractivity (Wildman–Crippen MR) is 59.8 cm³/mol. The van der Waals surface area contributed by atoms with Crippen LogP contribution in [0.5, 0.6) is 0 Å². The van der Waals surface area contributed by atoms with E-state index in [0.29, 0.717) is 5.88 Å². The van der Waals surface area contributed by atoms with Crippen LogP contribution in [0.4, 0.5) is 0 Å². The molecule has 1 aromatic carbocycles. The average Bonchev–Trinajstić information content (AvgIpc) is 2.15. The molecule has 1 rings (SSSR count). The van der Waals surface area contributed by atoms with Crippen molar-refractivity contribution in [1.29, 1.82) is 0 Å². The minimum atomic E-state index is 0.595. The van der Waals surface area contributed by atoms with Crippen molar-refractivity contribution in [2.45, 2.75) is 25.6 Å². The van der Waals surface area contributed by atoms with Crippen molar-refractivity contribution < 1.29 is 0 Å². The third-order valence-corrected chi connectivity index (χ3v) is 2.64. The van der Waals surface area contributed by atoms with E-state index in [2.05, 4.69) is 25.1 Å². The fraction of sp³-hybridized carbons (Fsp3) is 0.455. The van der Waals surface area contributed by atoms with Crippen molar-refractivity contribution in [2.24, 2.45) is 0 Å². The molecule has 0 fully saturated rings. The van der Waals surface area contributed by atoms with E-state index in [9.17, 15) is 0 Å². The Balaban J connectivity index is 2.81. The standard InChI is InChI=1S/C11H14Cl2/c1-9-4-5-11(8-13)10(7-9)3-2-6-12/h4-5,7H,2-3,6,8H2,1H3. The summed E-state index contributed by atoms with van der Waals surface area (Å²) in [7, 11) is 0. The van der Waals surface area contributed by atoms with Crippen LogP contribution in [-0.4, -0.2) is 5.88 Å². The Labute approximate surface area is 89.9 Å². The first-order valence-electron chi connectivity index (χ1n) is 4.48. The average molecular weight is 217 g/mol. The number of hydrogen-bond donors (Lipinski definition) is 0. The van der Waals surface area contributed by atoms with Gasteiger partial charge in [0, 0.05) is 11.8 Å². The van der Waals surface area contributed by atoms with Crippen LogP contribution in [0.1, 0.15) is 23.1 Å². The lowest BCUT2D eigenvalue weighted by Gasteiger charge is -2.07. The van der Waals surface area contributed by atoms with Crippen molar-refractivity contribution in [3.05, 3.63) is 34.9 Å². The maximum absolute atomic E-state index is 5.83. The molecule has 0 radical (unpaired) electrons. The van der Waals surface area contributed by atoms with Gasteiger partial charge < -0.3 is 0 Å². The largest absolute Gasteiger partial charge is 0.127 e. The van der Waals surface area contributed by atoms with Crippen LogP contribution in [0.2, 0.25) is 0 Å². The summed E-state index contributed by atoms with van der Waals surface area (Å²) in [6, 6.07) is 6.40. The SMILES string of the molecule is Cc1ccc(CCl)c(CCCCl)c1. The van der Waals surface area contributed by atoms with E-state index in [-0.39, 0.29) is 0 Å². The second-order valence-corrected chi connectivity index (χ2v) is 3.84.